The van der Waals surface area contributed by atoms with Gasteiger partial charge in [0.1, 0.15) is 17.3 Å². The minimum Gasteiger partial charge on any atom is -0.355 e. The van der Waals surface area contributed by atoms with E-state index in [0.717, 1.165) is 22.3 Å². The van der Waals surface area contributed by atoms with Gasteiger partial charge in [-0.25, -0.2) is 4.79 Å². The van der Waals surface area contributed by atoms with Crippen molar-refractivity contribution in [2.24, 2.45) is 0 Å². The Labute approximate surface area is 140 Å². The Kier molecular flexibility index (Phi) is 3.43. The molecule has 0 bridgehead atoms. The number of nitrogens with zero attached hydrogens (tertiary/aromatic N) is 4. The Hall–Kier alpha value is -2.92. The van der Waals surface area contributed by atoms with E-state index in [2.05, 4.69) is 5.16 Å². The Balaban J connectivity index is 1.75. The molecule has 7 nitrogen and oxygen atoms in total. The summed E-state index contributed by atoms with van der Waals surface area (Å²) in [5, 5.41) is 15.0. The summed E-state index contributed by atoms with van der Waals surface area (Å²) >= 11 is 1.51. The van der Waals surface area contributed by atoms with Crippen LogP contribution in [0.1, 0.15) is 30.1 Å². The third kappa shape index (κ3) is 2.49. The van der Waals surface area contributed by atoms with Crippen molar-refractivity contribution in [3.63, 3.8) is 0 Å². The molecule has 4 rings (SSSR count). The zero-order valence-corrected chi connectivity index (χ0v) is 13.3. The van der Waals surface area contributed by atoms with E-state index >= 15 is 0 Å². The van der Waals surface area contributed by atoms with Crippen molar-refractivity contribution in [1.82, 2.24) is 14.3 Å². The summed E-state index contributed by atoms with van der Waals surface area (Å²) in [7, 11) is 0. The van der Waals surface area contributed by atoms with Gasteiger partial charge in [-0.3, -0.25) is 13.9 Å². The second-order valence-corrected chi connectivity index (χ2v) is 6.57. The van der Waals surface area contributed by atoms with Gasteiger partial charge in [0.05, 0.1) is 11.4 Å². The molecular formula is C16H12N4O3S. The summed E-state index contributed by atoms with van der Waals surface area (Å²) in [4.78, 5) is 25.8. The van der Waals surface area contributed by atoms with Gasteiger partial charge in [0.25, 0.3) is 5.56 Å². The first-order valence-electron chi connectivity index (χ1n) is 7.43. The lowest BCUT2D eigenvalue weighted by molar-refractivity contribution is 0.419. The number of hydrogen-bond donors (Lipinski definition) is 0. The van der Waals surface area contributed by atoms with Gasteiger partial charge in [-0.2, -0.15) is 5.26 Å². The second-order valence-electron chi connectivity index (χ2n) is 5.63. The van der Waals surface area contributed by atoms with Gasteiger partial charge in [0, 0.05) is 18.3 Å². The molecule has 1 fully saturated rings. The third-order valence-electron chi connectivity index (χ3n) is 3.90. The lowest BCUT2D eigenvalue weighted by atomic mass is 10.3. The molecule has 120 valence electrons. The largest absolute Gasteiger partial charge is 0.355 e. The summed E-state index contributed by atoms with van der Waals surface area (Å²) in [5.41, 5.74) is -0.583. The van der Waals surface area contributed by atoms with Crippen LogP contribution >= 0.6 is 11.3 Å². The van der Waals surface area contributed by atoms with Crippen LogP contribution in [0.5, 0.6) is 0 Å². The third-order valence-corrected chi connectivity index (χ3v) is 4.78. The van der Waals surface area contributed by atoms with E-state index in [4.69, 9.17) is 9.78 Å². The molecule has 1 saturated carbocycles. The average molecular weight is 340 g/mol. The summed E-state index contributed by atoms with van der Waals surface area (Å²) < 4.78 is 7.80. The maximum atomic E-state index is 12.5. The van der Waals surface area contributed by atoms with Gasteiger partial charge in [-0.05, 0) is 24.3 Å². The molecule has 0 spiro atoms. The highest BCUT2D eigenvalue weighted by Gasteiger charge is 2.27. The molecular weight excluding hydrogens is 328 g/mol. The monoisotopic (exact) mass is 340 g/mol. The van der Waals surface area contributed by atoms with Gasteiger partial charge < -0.3 is 4.52 Å². The van der Waals surface area contributed by atoms with Gasteiger partial charge >= 0.3 is 5.69 Å². The van der Waals surface area contributed by atoms with Crippen LogP contribution in [0.4, 0.5) is 0 Å². The Morgan fingerprint density at radius 1 is 1.42 bits per heavy atom. The summed E-state index contributed by atoms with van der Waals surface area (Å²) in [6.45, 7) is -0.0191. The molecule has 1 aliphatic carbocycles. The molecule has 3 heterocycles. The smallest absolute Gasteiger partial charge is 0.331 e. The molecule has 3 aromatic heterocycles. The van der Waals surface area contributed by atoms with Crippen molar-refractivity contribution in [2.45, 2.75) is 25.4 Å². The fourth-order valence-corrected chi connectivity index (χ4v) is 3.21. The van der Waals surface area contributed by atoms with Crippen molar-refractivity contribution >= 4 is 11.3 Å². The molecule has 0 aliphatic heterocycles. The predicted molar refractivity (Wildman–Crippen MR) is 86.9 cm³/mol. The van der Waals surface area contributed by atoms with Gasteiger partial charge in [-0.15, -0.1) is 11.3 Å². The van der Waals surface area contributed by atoms with Crippen LogP contribution in [0.2, 0.25) is 0 Å². The minimum atomic E-state index is -0.597. The molecule has 0 amide bonds. The zero-order valence-electron chi connectivity index (χ0n) is 12.5. The van der Waals surface area contributed by atoms with Crippen molar-refractivity contribution < 1.29 is 4.52 Å². The number of thiophene rings is 1. The maximum Gasteiger partial charge on any atom is 0.331 e. The van der Waals surface area contributed by atoms with E-state index in [1.165, 1.54) is 22.1 Å². The lowest BCUT2D eigenvalue weighted by Gasteiger charge is -2.08. The molecule has 0 saturated heterocycles. The van der Waals surface area contributed by atoms with E-state index in [9.17, 15) is 9.59 Å². The van der Waals surface area contributed by atoms with Crippen LogP contribution < -0.4 is 11.2 Å². The quantitative estimate of drug-likeness (QED) is 0.724. The van der Waals surface area contributed by atoms with Crippen LogP contribution in [0.25, 0.3) is 10.6 Å². The van der Waals surface area contributed by atoms with E-state index in [1.54, 1.807) is 6.07 Å². The molecule has 0 atom stereocenters. The van der Waals surface area contributed by atoms with E-state index in [1.807, 2.05) is 23.6 Å². The fraction of sp³-hybridized carbons (Fsp3) is 0.250. The molecule has 0 aromatic carbocycles. The van der Waals surface area contributed by atoms with Crippen molar-refractivity contribution in [3.05, 3.63) is 61.9 Å². The Morgan fingerprint density at radius 3 is 2.92 bits per heavy atom. The molecule has 24 heavy (non-hydrogen) atoms. The first kappa shape index (κ1) is 14.7. The van der Waals surface area contributed by atoms with E-state index in [-0.39, 0.29) is 18.2 Å². The SMILES string of the molecule is N#Cc1cn(C2CC2)c(=O)n(Cc2cc(-c3cccs3)on2)c1=O. The van der Waals surface area contributed by atoms with Crippen LogP contribution in [0, 0.1) is 11.3 Å². The summed E-state index contributed by atoms with van der Waals surface area (Å²) in [6, 6.07) is 7.45. The van der Waals surface area contributed by atoms with Crippen molar-refractivity contribution in [2.75, 3.05) is 0 Å². The van der Waals surface area contributed by atoms with Gasteiger partial charge in [-0.1, -0.05) is 11.2 Å². The number of aromatic nitrogens is 3. The van der Waals surface area contributed by atoms with Crippen LogP contribution in [-0.4, -0.2) is 14.3 Å². The number of hydrogen-bond acceptors (Lipinski definition) is 6. The second kappa shape index (κ2) is 5.62. The lowest BCUT2D eigenvalue weighted by Crippen LogP contribution is -2.41. The highest BCUT2D eigenvalue weighted by molar-refractivity contribution is 7.13. The topological polar surface area (TPSA) is 93.8 Å². The van der Waals surface area contributed by atoms with Crippen LogP contribution in [-0.2, 0) is 6.54 Å². The zero-order chi connectivity index (χ0) is 16.7. The number of rotatable bonds is 4. The molecule has 3 aromatic rings. The molecule has 0 unspecified atom stereocenters. The normalized spacial score (nSPS) is 13.8. The van der Waals surface area contributed by atoms with Gasteiger partial charge in [0.2, 0.25) is 0 Å². The molecule has 8 heteroatoms. The predicted octanol–water partition coefficient (Wildman–Crippen LogP) is 1.98. The molecule has 0 N–H and O–H groups in total. The minimum absolute atomic E-state index is 0.0191. The fourth-order valence-electron chi connectivity index (χ4n) is 2.53. The maximum absolute atomic E-state index is 12.5. The average Bonchev–Trinajstić information content (AvgIpc) is 3.09. The molecule has 1 aliphatic rings. The van der Waals surface area contributed by atoms with E-state index < -0.39 is 11.2 Å². The standard InChI is InChI=1S/C16H12N4O3S/c17-7-10-8-19(12-3-4-12)16(22)20(15(10)21)9-11-6-13(23-18-11)14-2-1-5-24-14/h1-2,5-6,8,12H,3-4,9H2. The summed E-state index contributed by atoms with van der Waals surface area (Å²) in [5.74, 6) is 0.590. The van der Waals surface area contributed by atoms with Crippen LogP contribution in [0.15, 0.2) is 43.9 Å². The Morgan fingerprint density at radius 2 is 2.25 bits per heavy atom. The first-order chi connectivity index (χ1) is 11.7. The highest BCUT2D eigenvalue weighted by atomic mass is 32.1. The summed E-state index contributed by atoms with van der Waals surface area (Å²) in [6.07, 6.45) is 3.13. The van der Waals surface area contributed by atoms with Crippen LogP contribution in [0.3, 0.4) is 0 Å². The van der Waals surface area contributed by atoms with Gasteiger partial charge in [0.15, 0.2) is 5.76 Å². The molecule has 0 radical (unpaired) electrons. The Bertz CT molecular complexity index is 1050. The van der Waals surface area contributed by atoms with Crippen molar-refractivity contribution in [1.29, 1.82) is 5.26 Å². The number of nitriles is 1. The first-order valence-corrected chi connectivity index (χ1v) is 8.31. The van der Waals surface area contributed by atoms with E-state index in [0.29, 0.717) is 11.5 Å². The highest BCUT2D eigenvalue weighted by Crippen LogP contribution is 2.33. The van der Waals surface area contributed by atoms with Crippen molar-refractivity contribution in [3.8, 4) is 16.7 Å².